The Hall–Kier alpha value is -8.35. The van der Waals surface area contributed by atoms with E-state index in [9.17, 15) is 31.6 Å². The highest BCUT2D eigenvalue weighted by molar-refractivity contribution is 6.13. The maximum Gasteiger partial charge on any atom is 0.416 e. The SMILES string of the molecule is Cc1cccc(-c2ccc3c(c2)c2ccccc2n3-c2ccc(C#N)cc2-c2cc(-c3cc(C(F)(F)F)cc(C(F)(F)F)c3)ccc2-n2c3ccccc3c3cc(-c4cccc(C)c4)ccc32)c1. The average Bonchev–Trinajstić information content (AvgIpc) is 3.85. The van der Waals surface area contributed by atoms with Gasteiger partial charge in [0.1, 0.15) is 0 Å². The zero-order valence-electron chi connectivity index (χ0n) is 36.5. The van der Waals surface area contributed by atoms with E-state index in [-0.39, 0.29) is 17.2 Å². The van der Waals surface area contributed by atoms with Crippen molar-refractivity contribution in [3.8, 4) is 62.0 Å². The Kier molecular flexibility index (Phi) is 9.90. The van der Waals surface area contributed by atoms with E-state index >= 15 is 0 Å². The molecule has 0 N–H and O–H groups in total. The van der Waals surface area contributed by atoms with E-state index in [0.29, 0.717) is 28.1 Å². The van der Waals surface area contributed by atoms with Crippen LogP contribution in [0.2, 0.25) is 0 Å². The summed E-state index contributed by atoms with van der Waals surface area (Å²) < 4.78 is 90.5. The Labute approximate surface area is 387 Å². The number of halogens is 6. The van der Waals surface area contributed by atoms with Gasteiger partial charge in [-0.3, -0.25) is 0 Å². The lowest BCUT2D eigenvalue weighted by Crippen LogP contribution is -2.11. The molecule has 0 saturated heterocycles. The number of fused-ring (bicyclic) bond motifs is 6. The van der Waals surface area contributed by atoms with Gasteiger partial charge in [0.15, 0.2) is 0 Å². The third-order valence-corrected chi connectivity index (χ3v) is 12.9. The molecule has 0 saturated carbocycles. The van der Waals surface area contributed by atoms with Gasteiger partial charge in [0.25, 0.3) is 0 Å². The number of alkyl halides is 6. The molecule has 9 aromatic carbocycles. The molecular weight excluding hydrogens is 865 g/mol. The maximum atomic E-state index is 14.4. The molecular formula is C59H37F6N3. The smallest absolute Gasteiger partial charge is 0.309 e. The standard InChI is InChI=1S/C59H37F6N3/c1-35-9-7-11-38(25-35)40-18-22-55-49(30-40)46-13-3-5-15-52(46)67(55)54-21-17-37(34-66)27-48(54)51-32-42(43-28-44(58(60,61)62)33-45(29-43)59(63,64)65)20-24-57(51)68-53-16-6-4-14-47(53)50-31-41(19-23-56(50)68)39-12-8-10-36(2)26-39/h3-33H,1-2H3. The molecule has 68 heavy (non-hydrogen) atoms. The van der Waals surface area contributed by atoms with E-state index in [1.54, 1.807) is 30.3 Å². The number of para-hydroxylation sites is 2. The Morgan fingerprint density at radius 1 is 0.368 bits per heavy atom. The summed E-state index contributed by atoms with van der Waals surface area (Å²) in [4.78, 5) is 0. The van der Waals surface area contributed by atoms with E-state index in [1.807, 2.05) is 98.8 Å². The van der Waals surface area contributed by atoms with Crippen LogP contribution < -0.4 is 0 Å². The van der Waals surface area contributed by atoms with Crippen LogP contribution in [0.3, 0.4) is 0 Å². The monoisotopic (exact) mass is 901 g/mol. The fourth-order valence-electron chi connectivity index (χ4n) is 9.74. The minimum absolute atomic E-state index is 0.126. The molecule has 0 aliphatic rings. The largest absolute Gasteiger partial charge is 0.416 e. The molecule has 3 nitrogen and oxygen atoms in total. The summed E-state index contributed by atoms with van der Waals surface area (Å²) in [5, 5.41) is 14.3. The van der Waals surface area contributed by atoms with Crippen LogP contribution in [-0.4, -0.2) is 9.13 Å². The molecule has 0 radical (unpaired) electrons. The highest BCUT2D eigenvalue weighted by atomic mass is 19.4. The summed E-state index contributed by atoms with van der Waals surface area (Å²) >= 11 is 0. The van der Waals surface area contributed by atoms with Crippen LogP contribution in [0.15, 0.2) is 188 Å². The molecule has 2 aromatic heterocycles. The molecule has 11 aromatic rings. The highest BCUT2D eigenvalue weighted by Crippen LogP contribution is 2.45. The van der Waals surface area contributed by atoms with Crippen molar-refractivity contribution in [2.45, 2.75) is 26.2 Å². The number of hydrogen-bond acceptors (Lipinski definition) is 1. The lowest BCUT2D eigenvalue weighted by molar-refractivity contribution is -0.143. The van der Waals surface area contributed by atoms with Crippen molar-refractivity contribution < 1.29 is 26.3 Å². The normalized spacial score (nSPS) is 12.1. The number of nitrogens with zero attached hydrogens (tertiary/aromatic N) is 3. The van der Waals surface area contributed by atoms with E-state index < -0.39 is 23.5 Å². The number of nitriles is 1. The van der Waals surface area contributed by atoms with Crippen molar-refractivity contribution in [2.24, 2.45) is 0 Å². The van der Waals surface area contributed by atoms with Gasteiger partial charge >= 0.3 is 12.4 Å². The maximum absolute atomic E-state index is 14.4. The molecule has 9 heteroatoms. The van der Waals surface area contributed by atoms with Gasteiger partial charge in [0, 0.05) is 32.7 Å². The summed E-state index contributed by atoms with van der Waals surface area (Å²) in [6.45, 7) is 4.09. The van der Waals surface area contributed by atoms with Gasteiger partial charge in [-0.1, -0.05) is 114 Å². The van der Waals surface area contributed by atoms with Crippen LogP contribution in [0.1, 0.15) is 27.8 Å². The number of hydrogen-bond donors (Lipinski definition) is 0. The van der Waals surface area contributed by atoms with Gasteiger partial charge in [-0.2, -0.15) is 31.6 Å². The Balaban J connectivity index is 1.23. The first kappa shape index (κ1) is 42.3. The fourth-order valence-corrected chi connectivity index (χ4v) is 9.74. The molecule has 0 atom stereocenters. The summed E-state index contributed by atoms with van der Waals surface area (Å²) in [5.41, 5.74) is 9.37. The van der Waals surface area contributed by atoms with Crippen LogP contribution in [0.25, 0.3) is 99.5 Å². The quantitative estimate of drug-likeness (QED) is 0.153. The van der Waals surface area contributed by atoms with Crippen molar-refractivity contribution in [1.82, 2.24) is 9.13 Å². The lowest BCUT2D eigenvalue weighted by Gasteiger charge is -2.21. The third kappa shape index (κ3) is 7.26. The predicted octanol–water partition coefficient (Wildman–Crippen LogP) is 17.1. The Morgan fingerprint density at radius 2 is 0.794 bits per heavy atom. The summed E-state index contributed by atoms with van der Waals surface area (Å²) in [5.74, 6) is 0. The van der Waals surface area contributed by atoms with Gasteiger partial charge in [-0.05, 0) is 132 Å². The van der Waals surface area contributed by atoms with Crippen molar-refractivity contribution in [3.05, 3.63) is 216 Å². The van der Waals surface area contributed by atoms with Gasteiger partial charge in [-0.25, -0.2) is 0 Å². The van der Waals surface area contributed by atoms with E-state index in [4.69, 9.17) is 0 Å². The zero-order chi connectivity index (χ0) is 47.1. The van der Waals surface area contributed by atoms with Crippen molar-refractivity contribution in [3.63, 3.8) is 0 Å². The molecule has 0 aliphatic carbocycles. The molecule has 0 spiro atoms. The van der Waals surface area contributed by atoms with Crippen LogP contribution >= 0.6 is 0 Å². The molecule has 11 rings (SSSR count). The molecule has 2 heterocycles. The number of rotatable bonds is 6. The van der Waals surface area contributed by atoms with Gasteiger partial charge in [0.05, 0.1) is 56.2 Å². The van der Waals surface area contributed by atoms with E-state index in [1.165, 1.54) is 0 Å². The second-order valence-corrected chi connectivity index (χ2v) is 17.3. The molecule has 0 amide bonds. The Morgan fingerprint density at radius 3 is 1.28 bits per heavy atom. The number of aryl methyl sites for hydroxylation is 2. The second kappa shape index (κ2) is 15.9. The van der Waals surface area contributed by atoms with Crippen LogP contribution in [0.4, 0.5) is 26.3 Å². The molecule has 0 aliphatic heterocycles. The van der Waals surface area contributed by atoms with Crippen LogP contribution in [-0.2, 0) is 12.4 Å². The van der Waals surface area contributed by atoms with E-state index in [2.05, 4.69) is 69.8 Å². The van der Waals surface area contributed by atoms with E-state index in [0.717, 1.165) is 89.1 Å². The predicted molar refractivity (Wildman–Crippen MR) is 261 cm³/mol. The molecule has 0 fully saturated rings. The molecule has 0 unspecified atom stereocenters. The first-order valence-electron chi connectivity index (χ1n) is 21.9. The minimum atomic E-state index is -5.05. The average molecular weight is 902 g/mol. The summed E-state index contributed by atoms with van der Waals surface area (Å²) in [6.07, 6.45) is -10.1. The minimum Gasteiger partial charge on any atom is -0.309 e. The van der Waals surface area contributed by atoms with Crippen molar-refractivity contribution in [2.75, 3.05) is 0 Å². The summed E-state index contributed by atoms with van der Waals surface area (Å²) in [7, 11) is 0. The van der Waals surface area contributed by atoms with Gasteiger partial charge in [0.2, 0.25) is 0 Å². The van der Waals surface area contributed by atoms with Crippen LogP contribution in [0, 0.1) is 25.2 Å². The van der Waals surface area contributed by atoms with Gasteiger partial charge < -0.3 is 9.13 Å². The van der Waals surface area contributed by atoms with Crippen LogP contribution in [0.5, 0.6) is 0 Å². The summed E-state index contributed by atoms with van der Waals surface area (Å²) in [6, 6.07) is 59.2. The first-order valence-corrected chi connectivity index (χ1v) is 21.9. The van der Waals surface area contributed by atoms with Gasteiger partial charge in [-0.15, -0.1) is 0 Å². The first-order chi connectivity index (χ1) is 32.7. The number of aromatic nitrogens is 2. The fraction of sp³-hybridized carbons (Fsp3) is 0.0678. The van der Waals surface area contributed by atoms with Crippen molar-refractivity contribution in [1.29, 1.82) is 5.26 Å². The Bertz CT molecular complexity index is 3850. The molecule has 0 bridgehead atoms. The third-order valence-electron chi connectivity index (χ3n) is 12.9. The second-order valence-electron chi connectivity index (χ2n) is 17.3. The zero-order valence-corrected chi connectivity index (χ0v) is 36.5. The number of benzene rings is 9. The van der Waals surface area contributed by atoms with Crippen molar-refractivity contribution >= 4 is 43.6 Å². The lowest BCUT2D eigenvalue weighted by atomic mass is 9.93. The highest BCUT2D eigenvalue weighted by Gasteiger charge is 2.37. The molecule has 330 valence electrons. The topological polar surface area (TPSA) is 33.6 Å².